The van der Waals surface area contributed by atoms with Crippen LogP contribution in [-0.4, -0.2) is 38.3 Å². The number of carboxylic acids is 1. The van der Waals surface area contributed by atoms with Gasteiger partial charge in [0.2, 0.25) is 0 Å². The van der Waals surface area contributed by atoms with Gasteiger partial charge in [0.1, 0.15) is 5.65 Å². The third kappa shape index (κ3) is 3.74. The molecule has 2 aromatic heterocycles. The van der Waals surface area contributed by atoms with Gasteiger partial charge in [-0.2, -0.15) is 14.9 Å². The van der Waals surface area contributed by atoms with Crippen molar-refractivity contribution in [3.63, 3.8) is 0 Å². The number of fused-ring (bicyclic) bond motifs is 1. The summed E-state index contributed by atoms with van der Waals surface area (Å²) >= 11 is 0. The Morgan fingerprint density at radius 2 is 1.76 bits per heavy atom. The first kappa shape index (κ1) is 21.5. The zero-order chi connectivity index (χ0) is 23.7. The van der Waals surface area contributed by atoms with E-state index < -0.39 is 17.5 Å². The van der Waals surface area contributed by atoms with E-state index in [1.807, 2.05) is 6.07 Å². The number of carbonyl (C=O) groups is 2. The van der Waals surface area contributed by atoms with Crippen molar-refractivity contribution in [1.29, 1.82) is 5.26 Å². The quantitative estimate of drug-likeness (QED) is 0.452. The van der Waals surface area contributed by atoms with Crippen LogP contribution < -0.4 is 5.56 Å². The topological polar surface area (TPSA) is 138 Å². The number of aromatic carboxylic acids is 1. The molecule has 0 aliphatic rings. The van der Waals surface area contributed by atoms with E-state index in [1.54, 1.807) is 50.2 Å². The lowest BCUT2D eigenvalue weighted by atomic mass is 10.0. The average molecular weight is 442 g/mol. The lowest BCUT2D eigenvalue weighted by molar-refractivity contribution is 0.0524. The highest BCUT2D eigenvalue weighted by atomic mass is 16.5. The Morgan fingerprint density at radius 3 is 2.33 bits per heavy atom. The van der Waals surface area contributed by atoms with Gasteiger partial charge in [-0.15, -0.1) is 0 Å². The zero-order valence-electron chi connectivity index (χ0n) is 17.7. The minimum Gasteiger partial charge on any atom is -0.478 e. The largest absolute Gasteiger partial charge is 0.478 e. The van der Waals surface area contributed by atoms with Crippen LogP contribution in [0.4, 0.5) is 0 Å². The highest BCUT2D eigenvalue weighted by molar-refractivity contribution is 5.97. The Hall–Kier alpha value is -4.71. The molecule has 2 heterocycles. The number of carboxylic acid groups (broad SMARTS) is 1. The van der Waals surface area contributed by atoms with Crippen molar-refractivity contribution in [2.24, 2.45) is 0 Å². The van der Waals surface area contributed by atoms with Crippen molar-refractivity contribution in [2.45, 2.75) is 13.8 Å². The Balaban J connectivity index is 2.02. The summed E-state index contributed by atoms with van der Waals surface area (Å²) in [5, 5.41) is 22.6. The smallest absolute Gasteiger partial charge is 0.346 e. The standard InChI is InChI=1S/C24H18N4O5/c1-3-33-24(32)19-20(16-6-4-14(12-25)5-7-16)26-21-18(13(2)27-28(21)22(19)29)15-8-10-17(11-9-15)23(30)31/h4-11,26H,3H2,1-2H3,(H,30,31). The molecule has 2 N–H and O–H groups in total. The Bertz CT molecular complexity index is 1490. The second-order valence-corrected chi connectivity index (χ2v) is 7.19. The van der Waals surface area contributed by atoms with Crippen molar-refractivity contribution in [3.05, 3.63) is 81.3 Å². The SMILES string of the molecule is CCOC(=O)c1c(-c2ccc(C#N)cc2)[nH]c2c(-c3ccc(C(=O)O)cc3)c(C)nn2c1=O. The van der Waals surface area contributed by atoms with Crippen LogP contribution in [0.25, 0.3) is 28.0 Å². The second kappa shape index (κ2) is 8.43. The van der Waals surface area contributed by atoms with E-state index in [-0.39, 0.29) is 23.4 Å². The molecule has 0 aliphatic heterocycles. The summed E-state index contributed by atoms with van der Waals surface area (Å²) in [6.07, 6.45) is 0. The summed E-state index contributed by atoms with van der Waals surface area (Å²) in [5.41, 5.74) is 2.55. The minimum absolute atomic E-state index is 0.0857. The number of aryl methyl sites for hydroxylation is 1. The maximum Gasteiger partial charge on any atom is 0.346 e. The number of ether oxygens (including phenoxy) is 1. The van der Waals surface area contributed by atoms with Gasteiger partial charge in [-0.25, -0.2) is 9.59 Å². The first-order chi connectivity index (χ1) is 15.8. The zero-order valence-corrected chi connectivity index (χ0v) is 17.7. The Labute approximate surface area is 187 Å². The van der Waals surface area contributed by atoms with Crippen molar-refractivity contribution < 1.29 is 19.4 Å². The summed E-state index contributed by atoms with van der Waals surface area (Å²) in [6.45, 7) is 3.44. The first-order valence-corrected chi connectivity index (χ1v) is 10.0. The number of nitrogens with one attached hydrogen (secondary N) is 1. The fourth-order valence-electron chi connectivity index (χ4n) is 3.63. The highest BCUT2D eigenvalue weighted by Crippen LogP contribution is 2.30. The Kier molecular flexibility index (Phi) is 5.50. The van der Waals surface area contributed by atoms with Crippen molar-refractivity contribution >= 4 is 17.6 Å². The van der Waals surface area contributed by atoms with Crippen LogP contribution in [0.5, 0.6) is 0 Å². The van der Waals surface area contributed by atoms with Crippen molar-refractivity contribution in [3.8, 4) is 28.5 Å². The lowest BCUT2D eigenvalue weighted by Gasteiger charge is -2.11. The molecule has 0 atom stereocenters. The van der Waals surface area contributed by atoms with Crippen LogP contribution >= 0.6 is 0 Å². The van der Waals surface area contributed by atoms with Crippen LogP contribution in [0, 0.1) is 18.3 Å². The molecule has 4 rings (SSSR count). The van der Waals surface area contributed by atoms with Crippen molar-refractivity contribution in [1.82, 2.24) is 14.6 Å². The molecular formula is C24H18N4O5. The van der Waals surface area contributed by atoms with E-state index in [2.05, 4.69) is 10.1 Å². The molecule has 9 nitrogen and oxygen atoms in total. The van der Waals surface area contributed by atoms with Crippen LogP contribution in [0.2, 0.25) is 0 Å². The van der Waals surface area contributed by atoms with Gasteiger partial charge in [0.25, 0.3) is 5.56 Å². The lowest BCUT2D eigenvalue weighted by Crippen LogP contribution is -2.26. The van der Waals surface area contributed by atoms with Gasteiger partial charge < -0.3 is 14.8 Å². The van der Waals surface area contributed by atoms with Crippen LogP contribution in [0.1, 0.15) is 38.9 Å². The van der Waals surface area contributed by atoms with E-state index in [0.717, 1.165) is 4.52 Å². The number of aromatic amines is 1. The predicted octanol–water partition coefficient (Wildman–Crippen LogP) is 3.41. The highest BCUT2D eigenvalue weighted by Gasteiger charge is 2.25. The molecule has 0 saturated carbocycles. The molecule has 2 aromatic carbocycles. The Morgan fingerprint density at radius 1 is 1.12 bits per heavy atom. The van der Waals surface area contributed by atoms with Gasteiger partial charge in [0.05, 0.1) is 35.2 Å². The number of hydrogen-bond acceptors (Lipinski definition) is 6. The molecule has 0 amide bonds. The number of nitriles is 1. The van der Waals surface area contributed by atoms with Gasteiger partial charge in [0, 0.05) is 5.56 Å². The summed E-state index contributed by atoms with van der Waals surface area (Å²) in [6, 6.07) is 14.7. The van der Waals surface area contributed by atoms with Gasteiger partial charge in [-0.05, 0) is 49.2 Å². The number of benzene rings is 2. The monoisotopic (exact) mass is 442 g/mol. The fraction of sp³-hybridized carbons (Fsp3) is 0.125. The molecule has 0 aliphatic carbocycles. The van der Waals surface area contributed by atoms with Gasteiger partial charge >= 0.3 is 11.9 Å². The van der Waals surface area contributed by atoms with E-state index in [9.17, 15) is 14.4 Å². The molecule has 164 valence electrons. The van der Waals surface area contributed by atoms with E-state index >= 15 is 0 Å². The molecule has 0 unspecified atom stereocenters. The van der Waals surface area contributed by atoms with Gasteiger partial charge in [-0.1, -0.05) is 24.3 Å². The molecule has 4 aromatic rings. The van der Waals surface area contributed by atoms with Crippen molar-refractivity contribution in [2.75, 3.05) is 6.61 Å². The minimum atomic E-state index is -1.05. The molecule has 0 fully saturated rings. The number of nitrogens with zero attached hydrogens (tertiary/aromatic N) is 3. The van der Waals surface area contributed by atoms with E-state index in [4.69, 9.17) is 15.1 Å². The van der Waals surface area contributed by atoms with E-state index in [0.29, 0.717) is 33.6 Å². The molecule has 0 spiro atoms. The summed E-state index contributed by atoms with van der Waals surface area (Å²) in [5.74, 6) is -1.84. The average Bonchev–Trinajstić information content (AvgIpc) is 3.15. The second-order valence-electron chi connectivity index (χ2n) is 7.19. The molecular weight excluding hydrogens is 424 g/mol. The van der Waals surface area contributed by atoms with Gasteiger partial charge in [0.15, 0.2) is 5.56 Å². The molecule has 0 saturated heterocycles. The number of carbonyl (C=O) groups excluding carboxylic acids is 1. The third-order valence-corrected chi connectivity index (χ3v) is 5.16. The summed E-state index contributed by atoms with van der Waals surface area (Å²) < 4.78 is 6.22. The molecule has 9 heteroatoms. The number of hydrogen-bond donors (Lipinski definition) is 2. The molecule has 33 heavy (non-hydrogen) atoms. The number of H-pyrrole nitrogens is 1. The number of aromatic nitrogens is 3. The molecule has 0 bridgehead atoms. The third-order valence-electron chi connectivity index (χ3n) is 5.16. The number of esters is 1. The normalized spacial score (nSPS) is 10.7. The van der Waals surface area contributed by atoms with E-state index in [1.165, 1.54) is 12.1 Å². The maximum atomic E-state index is 13.4. The fourth-order valence-corrected chi connectivity index (χ4v) is 3.63. The molecule has 0 radical (unpaired) electrons. The maximum absolute atomic E-state index is 13.4. The summed E-state index contributed by atoms with van der Waals surface area (Å²) in [7, 11) is 0. The van der Waals surface area contributed by atoms with Crippen LogP contribution in [0.3, 0.4) is 0 Å². The number of rotatable bonds is 5. The van der Waals surface area contributed by atoms with Crippen LogP contribution in [0.15, 0.2) is 53.3 Å². The van der Waals surface area contributed by atoms with Gasteiger partial charge in [-0.3, -0.25) is 4.79 Å². The van der Waals surface area contributed by atoms with Crippen LogP contribution in [-0.2, 0) is 4.74 Å². The summed E-state index contributed by atoms with van der Waals surface area (Å²) in [4.78, 5) is 40.4. The predicted molar refractivity (Wildman–Crippen MR) is 119 cm³/mol. The first-order valence-electron chi connectivity index (χ1n) is 10.0.